The number of aryl methyl sites for hydroxylation is 2. The maximum absolute atomic E-state index is 9.76. The van der Waals surface area contributed by atoms with Crippen LogP contribution in [0.3, 0.4) is 0 Å². The lowest BCUT2D eigenvalue weighted by atomic mass is 10.1. The average molecular weight is 390 g/mol. The van der Waals surface area contributed by atoms with Gasteiger partial charge in [0.1, 0.15) is 10.2 Å². The van der Waals surface area contributed by atoms with E-state index in [0.717, 1.165) is 24.0 Å². The summed E-state index contributed by atoms with van der Waals surface area (Å²) in [7, 11) is 0. The molecule has 3 rings (SSSR count). The van der Waals surface area contributed by atoms with Crippen molar-refractivity contribution in [3.63, 3.8) is 0 Å². The predicted molar refractivity (Wildman–Crippen MR) is 88.8 cm³/mol. The van der Waals surface area contributed by atoms with Crippen LogP contribution in [0.15, 0.2) is 29.1 Å². The van der Waals surface area contributed by atoms with Gasteiger partial charge >= 0.3 is 0 Å². The van der Waals surface area contributed by atoms with Crippen LogP contribution < -0.4 is 0 Å². The second kappa shape index (κ2) is 6.61. The summed E-state index contributed by atoms with van der Waals surface area (Å²) in [4.78, 5) is 8.02. The van der Waals surface area contributed by atoms with Crippen LogP contribution in [0.25, 0.3) is 0 Å². The fourth-order valence-corrected chi connectivity index (χ4v) is 2.56. The number of aliphatic hydroxyl groups is 1. The molecule has 1 fully saturated rings. The van der Waals surface area contributed by atoms with Crippen LogP contribution in [0, 0.1) is 13.8 Å². The third-order valence-corrected chi connectivity index (χ3v) is 5.07. The van der Waals surface area contributed by atoms with Gasteiger partial charge in [0.2, 0.25) is 0 Å². The Kier molecular flexibility index (Phi) is 5.25. The van der Waals surface area contributed by atoms with Gasteiger partial charge in [0.15, 0.2) is 0 Å². The van der Waals surface area contributed by atoms with Gasteiger partial charge in [-0.1, -0.05) is 23.2 Å². The van der Waals surface area contributed by atoms with Gasteiger partial charge in [0.25, 0.3) is 0 Å². The van der Waals surface area contributed by atoms with Gasteiger partial charge in [0.05, 0.1) is 15.7 Å². The zero-order valence-corrected chi connectivity index (χ0v) is 14.8. The Morgan fingerprint density at radius 3 is 2.05 bits per heavy atom. The van der Waals surface area contributed by atoms with E-state index in [4.69, 9.17) is 23.2 Å². The topological polar surface area (TPSA) is 46.0 Å². The summed E-state index contributed by atoms with van der Waals surface area (Å²) in [6, 6.07) is 3.71. The molecule has 2 aromatic heterocycles. The first-order valence-corrected chi connectivity index (χ1v) is 8.00. The second-order valence-corrected chi connectivity index (χ2v) is 6.56. The zero-order chi connectivity index (χ0) is 15.6. The van der Waals surface area contributed by atoms with E-state index in [9.17, 15) is 5.11 Å². The molecule has 6 heteroatoms. The molecule has 0 bridgehead atoms. The molecule has 3 nitrogen and oxygen atoms in total. The van der Waals surface area contributed by atoms with Crippen LogP contribution in [-0.2, 0) is 5.60 Å². The highest BCUT2D eigenvalue weighted by Crippen LogP contribution is 2.47. The summed E-state index contributed by atoms with van der Waals surface area (Å²) in [5.41, 5.74) is 1.94. The van der Waals surface area contributed by atoms with Gasteiger partial charge in [-0.25, -0.2) is 4.98 Å². The fraction of sp³-hybridized carbons (Fsp3) is 0.333. The van der Waals surface area contributed by atoms with Crippen molar-refractivity contribution in [2.45, 2.75) is 32.3 Å². The highest BCUT2D eigenvalue weighted by atomic mass is 79.9. The van der Waals surface area contributed by atoms with Crippen molar-refractivity contribution >= 4 is 39.1 Å². The molecule has 0 atom stereocenters. The third-order valence-electron chi connectivity index (χ3n) is 3.29. The molecule has 0 spiro atoms. The van der Waals surface area contributed by atoms with Gasteiger partial charge in [-0.3, -0.25) is 4.98 Å². The number of rotatable bonds is 1. The van der Waals surface area contributed by atoms with Crippen molar-refractivity contribution in [3.05, 3.63) is 56.0 Å². The highest BCUT2D eigenvalue weighted by molar-refractivity contribution is 9.10. The first kappa shape index (κ1) is 16.7. The van der Waals surface area contributed by atoms with Crippen molar-refractivity contribution in [2.75, 3.05) is 0 Å². The normalized spacial score (nSPS) is 15.1. The average Bonchev–Trinajstić information content (AvgIpc) is 3.19. The number of aromatic nitrogens is 2. The van der Waals surface area contributed by atoms with Crippen molar-refractivity contribution in [1.29, 1.82) is 0 Å². The van der Waals surface area contributed by atoms with E-state index in [0.29, 0.717) is 20.3 Å². The van der Waals surface area contributed by atoms with Crippen LogP contribution in [0.1, 0.15) is 29.7 Å². The summed E-state index contributed by atoms with van der Waals surface area (Å²) in [6.45, 7) is 3.86. The van der Waals surface area contributed by atoms with Gasteiger partial charge in [-0.15, -0.1) is 0 Å². The molecule has 1 aliphatic carbocycles. The van der Waals surface area contributed by atoms with E-state index < -0.39 is 5.60 Å². The molecule has 1 N–H and O–H groups in total. The van der Waals surface area contributed by atoms with Gasteiger partial charge in [-0.05, 0) is 65.9 Å². The van der Waals surface area contributed by atoms with E-state index >= 15 is 0 Å². The van der Waals surface area contributed by atoms with Crippen molar-refractivity contribution in [1.82, 2.24) is 9.97 Å². The SMILES string of the molecule is Cc1ccnc(Br)c1Cl.Cc1ccnc(C2(O)CC2)c1Cl. The maximum Gasteiger partial charge on any atom is 0.124 e. The number of pyridine rings is 2. The van der Waals surface area contributed by atoms with Gasteiger partial charge in [0, 0.05) is 12.4 Å². The standard InChI is InChI=1S/C9H10ClNO.C6H5BrClN/c1-6-2-5-11-8(7(6)10)9(12)3-4-9;1-4-2-3-9-6(7)5(4)8/h2,5,12H,3-4H2,1H3;2-3H,1H3. The molecule has 2 aromatic rings. The smallest absolute Gasteiger partial charge is 0.124 e. The summed E-state index contributed by atoms with van der Waals surface area (Å²) in [6.07, 6.45) is 4.96. The minimum absolute atomic E-state index is 0.609. The first-order chi connectivity index (χ1) is 9.85. The summed E-state index contributed by atoms with van der Waals surface area (Å²) in [5.74, 6) is 0. The lowest BCUT2D eigenvalue weighted by molar-refractivity contribution is 0.146. The molecule has 0 saturated heterocycles. The van der Waals surface area contributed by atoms with Crippen LogP contribution in [0.2, 0.25) is 10.0 Å². The van der Waals surface area contributed by atoms with Gasteiger partial charge in [-0.2, -0.15) is 0 Å². The van der Waals surface area contributed by atoms with Crippen LogP contribution >= 0.6 is 39.1 Å². The summed E-state index contributed by atoms with van der Waals surface area (Å²) < 4.78 is 0.712. The molecule has 0 amide bonds. The molecule has 1 aliphatic rings. The molecule has 0 radical (unpaired) electrons. The van der Waals surface area contributed by atoms with Crippen molar-refractivity contribution in [2.24, 2.45) is 0 Å². The van der Waals surface area contributed by atoms with Crippen LogP contribution in [0.4, 0.5) is 0 Å². The zero-order valence-electron chi connectivity index (χ0n) is 11.7. The van der Waals surface area contributed by atoms with E-state index in [2.05, 4.69) is 25.9 Å². The summed E-state index contributed by atoms with van der Waals surface area (Å²) in [5, 5.41) is 11.1. The molecule has 112 valence electrons. The largest absolute Gasteiger partial charge is 0.383 e. The van der Waals surface area contributed by atoms with E-state index in [1.165, 1.54) is 0 Å². The molecular formula is C15H15BrCl2N2O. The number of hydrogen-bond acceptors (Lipinski definition) is 3. The van der Waals surface area contributed by atoms with Gasteiger partial charge < -0.3 is 5.11 Å². The Bertz CT molecular complexity index is 640. The monoisotopic (exact) mass is 388 g/mol. The quantitative estimate of drug-likeness (QED) is 0.710. The van der Waals surface area contributed by atoms with Crippen molar-refractivity contribution < 1.29 is 5.11 Å². The summed E-state index contributed by atoms with van der Waals surface area (Å²) >= 11 is 15.0. The molecule has 2 heterocycles. The molecule has 0 aromatic carbocycles. The van der Waals surface area contributed by atoms with Crippen molar-refractivity contribution in [3.8, 4) is 0 Å². The predicted octanol–water partition coefficient (Wildman–Crippen LogP) is 4.83. The second-order valence-electron chi connectivity index (χ2n) is 5.05. The molecular weight excluding hydrogens is 375 g/mol. The number of hydrogen-bond donors (Lipinski definition) is 1. The lowest BCUT2D eigenvalue weighted by Crippen LogP contribution is -2.08. The van der Waals surface area contributed by atoms with Crippen LogP contribution in [-0.4, -0.2) is 15.1 Å². The lowest BCUT2D eigenvalue weighted by Gasteiger charge is -2.09. The molecule has 0 unspecified atom stereocenters. The van der Waals surface area contributed by atoms with E-state index in [1.54, 1.807) is 12.4 Å². The highest BCUT2D eigenvalue weighted by Gasteiger charge is 2.45. The first-order valence-electron chi connectivity index (χ1n) is 6.46. The maximum atomic E-state index is 9.76. The Labute approximate surface area is 142 Å². The molecule has 0 aliphatic heterocycles. The number of nitrogens with zero attached hydrogens (tertiary/aromatic N) is 2. The van der Waals surface area contributed by atoms with E-state index in [1.807, 2.05) is 26.0 Å². The molecule has 21 heavy (non-hydrogen) atoms. The Morgan fingerprint density at radius 1 is 1.05 bits per heavy atom. The fourth-order valence-electron chi connectivity index (χ4n) is 1.73. The minimum Gasteiger partial charge on any atom is -0.383 e. The van der Waals surface area contributed by atoms with Crippen LogP contribution in [0.5, 0.6) is 0 Å². The Hall–Kier alpha value is -0.680. The molecule has 1 saturated carbocycles. The van der Waals surface area contributed by atoms with E-state index in [-0.39, 0.29) is 0 Å². The Morgan fingerprint density at radius 2 is 1.57 bits per heavy atom. The third kappa shape index (κ3) is 3.95. The minimum atomic E-state index is -0.719. The number of halogens is 3. The Balaban J connectivity index is 0.000000161.